The first-order chi connectivity index (χ1) is 5.66. The van der Waals surface area contributed by atoms with Gasteiger partial charge >= 0.3 is 0 Å². The molecule has 0 fully saturated rings. The van der Waals surface area contributed by atoms with Crippen LogP contribution >= 0.6 is 16.1 Å². The van der Waals surface area contributed by atoms with Crippen LogP contribution in [0.25, 0.3) is 0 Å². The fraction of sp³-hybridized carbons (Fsp3) is 0.333. The van der Waals surface area contributed by atoms with E-state index < -0.39 is 0 Å². The van der Waals surface area contributed by atoms with Crippen LogP contribution in [0.4, 0.5) is 11.4 Å². The van der Waals surface area contributed by atoms with Gasteiger partial charge in [-0.1, -0.05) is 6.07 Å². The van der Waals surface area contributed by atoms with Crippen LogP contribution in [-0.4, -0.2) is 14.1 Å². The van der Waals surface area contributed by atoms with Crippen molar-refractivity contribution in [3.8, 4) is 0 Å². The molecule has 0 bridgehead atoms. The highest BCUT2D eigenvalue weighted by Crippen LogP contribution is 2.25. The summed E-state index contributed by atoms with van der Waals surface area (Å²) in [4.78, 5) is 2.10. The highest BCUT2D eigenvalue weighted by molar-refractivity contribution is 9.10. The Morgan fingerprint density at radius 2 is 2.00 bits per heavy atom. The third-order valence-electron chi connectivity index (χ3n) is 1.89. The average Bonchev–Trinajstić information content (AvgIpc) is 2.04. The minimum absolute atomic E-state index is 1.11. The molecule has 0 amide bonds. The minimum atomic E-state index is 1.11. The molecule has 0 aliphatic heterocycles. The average molecular weight is 229 g/mol. The topological polar surface area (TPSA) is 15.3 Å². The lowest BCUT2D eigenvalue weighted by atomic mass is 10.1. The molecule has 0 aliphatic carbocycles. The van der Waals surface area contributed by atoms with E-state index in [1.807, 2.05) is 26.2 Å². The van der Waals surface area contributed by atoms with Gasteiger partial charge in [-0.05, 0) is 24.6 Å². The number of anilines is 2. The van der Waals surface area contributed by atoms with Gasteiger partial charge in [0.2, 0.25) is 0 Å². The smallest absolute Gasteiger partial charge is 0.0490 e. The molecule has 3 heteroatoms. The summed E-state index contributed by atoms with van der Waals surface area (Å²) < 4.78 is 2.98. The van der Waals surface area contributed by atoms with Crippen molar-refractivity contribution in [2.75, 3.05) is 23.3 Å². The van der Waals surface area contributed by atoms with Gasteiger partial charge in [0.05, 0.1) is 0 Å². The number of hydrogen-bond donors (Lipinski definition) is 1. The maximum absolute atomic E-state index is 3.22. The van der Waals surface area contributed by atoms with Gasteiger partial charge in [0.15, 0.2) is 0 Å². The van der Waals surface area contributed by atoms with Crippen molar-refractivity contribution in [3.05, 3.63) is 23.8 Å². The summed E-state index contributed by atoms with van der Waals surface area (Å²) in [6.07, 6.45) is 0. The second-order valence-electron chi connectivity index (χ2n) is 2.94. The van der Waals surface area contributed by atoms with E-state index in [-0.39, 0.29) is 0 Å². The van der Waals surface area contributed by atoms with Crippen molar-refractivity contribution in [2.24, 2.45) is 0 Å². The lowest BCUT2D eigenvalue weighted by molar-refractivity contribution is 1.12. The molecular formula is C9H13BrN2. The molecule has 1 rings (SSSR count). The Bertz CT molecular complexity index is 271. The molecule has 0 saturated carbocycles. The van der Waals surface area contributed by atoms with E-state index in [1.54, 1.807) is 0 Å². The van der Waals surface area contributed by atoms with Gasteiger partial charge < -0.3 is 9.24 Å². The molecule has 0 spiro atoms. The van der Waals surface area contributed by atoms with Crippen LogP contribution in [0.2, 0.25) is 0 Å². The summed E-state index contributed by atoms with van der Waals surface area (Å²) in [7, 11) is 4.08. The lowest BCUT2D eigenvalue weighted by Crippen LogP contribution is -2.10. The molecule has 0 radical (unpaired) electrons. The number of halogens is 1. The molecule has 0 heterocycles. The third-order valence-corrected chi connectivity index (χ3v) is 2.32. The highest BCUT2D eigenvalue weighted by Gasteiger charge is 2.03. The fourth-order valence-electron chi connectivity index (χ4n) is 1.21. The zero-order valence-electron chi connectivity index (χ0n) is 7.56. The zero-order valence-corrected chi connectivity index (χ0v) is 9.14. The van der Waals surface area contributed by atoms with Crippen LogP contribution in [0.3, 0.4) is 0 Å². The third kappa shape index (κ3) is 1.72. The van der Waals surface area contributed by atoms with Gasteiger partial charge in [0.1, 0.15) is 0 Å². The number of hydrogen-bond acceptors (Lipinski definition) is 2. The van der Waals surface area contributed by atoms with Crippen molar-refractivity contribution in [2.45, 2.75) is 6.92 Å². The molecule has 0 unspecified atom stereocenters. The molecule has 1 aromatic rings. The first-order valence-corrected chi connectivity index (χ1v) is 4.59. The van der Waals surface area contributed by atoms with E-state index in [9.17, 15) is 0 Å². The van der Waals surface area contributed by atoms with Gasteiger partial charge in [-0.2, -0.15) is 0 Å². The molecular weight excluding hydrogens is 216 g/mol. The van der Waals surface area contributed by atoms with Crippen LogP contribution in [0, 0.1) is 6.92 Å². The standard InChI is InChI=1S/C9H13BrN2/c1-7-8(11-10)5-4-6-9(7)12(2)3/h4-6,11H,1-3H3. The summed E-state index contributed by atoms with van der Waals surface area (Å²) in [5.74, 6) is 0. The Hall–Kier alpha value is -0.700. The zero-order chi connectivity index (χ0) is 9.14. The summed E-state index contributed by atoms with van der Waals surface area (Å²) in [5.41, 5.74) is 3.60. The van der Waals surface area contributed by atoms with Gasteiger partial charge in [0, 0.05) is 41.6 Å². The van der Waals surface area contributed by atoms with E-state index in [0.29, 0.717) is 0 Å². The maximum Gasteiger partial charge on any atom is 0.0490 e. The summed E-state index contributed by atoms with van der Waals surface area (Å²) in [6, 6.07) is 6.17. The lowest BCUT2D eigenvalue weighted by Gasteiger charge is -2.17. The van der Waals surface area contributed by atoms with Crippen LogP contribution in [0.5, 0.6) is 0 Å². The molecule has 0 aliphatic rings. The Labute approximate surface area is 81.9 Å². The quantitative estimate of drug-likeness (QED) is 0.784. The van der Waals surface area contributed by atoms with Crippen molar-refractivity contribution in [3.63, 3.8) is 0 Å². The van der Waals surface area contributed by atoms with Gasteiger partial charge in [-0.3, -0.25) is 0 Å². The van der Waals surface area contributed by atoms with Gasteiger partial charge in [-0.15, -0.1) is 0 Å². The number of nitrogens with one attached hydrogen (secondary N) is 1. The summed E-state index contributed by atoms with van der Waals surface area (Å²) >= 11 is 3.22. The van der Waals surface area contributed by atoms with Crippen LogP contribution in [0.15, 0.2) is 18.2 Å². The molecule has 1 aromatic carbocycles. The van der Waals surface area contributed by atoms with E-state index in [1.165, 1.54) is 11.3 Å². The Kier molecular flexibility index (Phi) is 2.98. The molecule has 1 N–H and O–H groups in total. The van der Waals surface area contributed by atoms with Gasteiger partial charge in [0.25, 0.3) is 0 Å². The predicted octanol–water partition coefficient (Wildman–Crippen LogP) is 2.78. The highest BCUT2D eigenvalue weighted by atomic mass is 79.9. The second kappa shape index (κ2) is 3.81. The summed E-state index contributed by atoms with van der Waals surface area (Å²) in [5, 5.41) is 0. The van der Waals surface area contributed by atoms with Crippen molar-refractivity contribution >= 4 is 27.5 Å². The largest absolute Gasteiger partial charge is 0.377 e. The van der Waals surface area contributed by atoms with Crippen molar-refractivity contribution in [1.29, 1.82) is 0 Å². The van der Waals surface area contributed by atoms with E-state index in [2.05, 4.69) is 38.4 Å². The fourth-order valence-corrected chi connectivity index (χ4v) is 1.64. The molecule has 0 atom stereocenters. The Balaban J connectivity index is 3.14. The maximum atomic E-state index is 3.22. The normalized spacial score (nSPS) is 9.67. The number of rotatable bonds is 2. The van der Waals surface area contributed by atoms with E-state index >= 15 is 0 Å². The Morgan fingerprint density at radius 3 is 2.50 bits per heavy atom. The van der Waals surface area contributed by atoms with Crippen LogP contribution < -0.4 is 9.24 Å². The predicted molar refractivity (Wildman–Crippen MR) is 58.1 cm³/mol. The van der Waals surface area contributed by atoms with E-state index in [0.717, 1.165) is 5.69 Å². The molecule has 0 aromatic heterocycles. The first kappa shape index (κ1) is 9.39. The van der Waals surface area contributed by atoms with Crippen molar-refractivity contribution < 1.29 is 0 Å². The minimum Gasteiger partial charge on any atom is -0.377 e. The molecule has 0 saturated heterocycles. The molecule has 66 valence electrons. The first-order valence-electron chi connectivity index (χ1n) is 3.80. The SMILES string of the molecule is Cc1c(NBr)cccc1N(C)C. The summed E-state index contributed by atoms with van der Waals surface area (Å²) in [6.45, 7) is 2.10. The van der Waals surface area contributed by atoms with Crippen molar-refractivity contribution in [1.82, 2.24) is 0 Å². The molecule has 2 nitrogen and oxygen atoms in total. The number of nitrogens with zero attached hydrogens (tertiary/aromatic N) is 1. The van der Waals surface area contributed by atoms with Crippen LogP contribution in [-0.2, 0) is 0 Å². The number of benzene rings is 1. The second-order valence-corrected chi connectivity index (χ2v) is 3.34. The van der Waals surface area contributed by atoms with E-state index in [4.69, 9.17) is 0 Å². The van der Waals surface area contributed by atoms with Gasteiger partial charge in [-0.25, -0.2) is 0 Å². The monoisotopic (exact) mass is 228 g/mol. The van der Waals surface area contributed by atoms with Crippen LogP contribution in [0.1, 0.15) is 5.56 Å². The molecule has 12 heavy (non-hydrogen) atoms. The Morgan fingerprint density at radius 1 is 1.33 bits per heavy atom.